The lowest BCUT2D eigenvalue weighted by Gasteiger charge is -2.23. The summed E-state index contributed by atoms with van der Waals surface area (Å²) in [6, 6.07) is 12.1. The van der Waals surface area contributed by atoms with Gasteiger partial charge in [-0.3, -0.25) is 9.59 Å². The summed E-state index contributed by atoms with van der Waals surface area (Å²) in [5, 5.41) is 19.0. The van der Waals surface area contributed by atoms with Gasteiger partial charge in [0.2, 0.25) is 0 Å². The van der Waals surface area contributed by atoms with Gasteiger partial charge < -0.3 is 21.1 Å². The van der Waals surface area contributed by atoms with Gasteiger partial charge in [0.1, 0.15) is 11.9 Å². The largest absolute Gasteiger partial charge is 0.382 e. The maximum Gasteiger partial charge on any atom is 0.255 e. The first-order chi connectivity index (χ1) is 15.4. The third-order valence-electron chi connectivity index (χ3n) is 5.93. The van der Waals surface area contributed by atoms with Gasteiger partial charge in [-0.1, -0.05) is 31.4 Å². The summed E-state index contributed by atoms with van der Waals surface area (Å²) in [4.78, 5) is 24.5. The highest BCUT2D eigenvalue weighted by molar-refractivity contribution is 6.04. The standard InChI is InChI=1S/C25H32FN3O3/c1-17(28-25(32)23(30)16-27-15-18-5-3-2-4-6-18)19-9-13-22(14-10-19)29-24(31)20-7-11-21(26)12-8-20/h7-14,17-18,23,27,30H,2-6,15-16H2,1H3,(H,28,32)(H,29,31). The Morgan fingerprint density at radius 3 is 2.34 bits per heavy atom. The quantitative estimate of drug-likeness (QED) is 0.477. The monoisotopic (exact) mass is 441 g/mol. The first-order valence-electron chi connectivity index (χ1n) is 11.3. The maximum absolute atomic E-state index is 13.0. The molecule has 7 heteroatoms. The van der Waals surface area contributed by atoms with Crippen LogP contribution in [0.3, 0.4) is 0 Å². The van der Waals surface area contributed by atoms with Crippen molar-refractivity contribution in [2.75, 3.05) is 18.4 Å². The molecule has 2 aromatic carbocycles. The number of carbonyl (C=O) groups is 2. The molecule has 4 N–H and O–H groups in total. The van der Waals surface area contributed by atoms with E-state index in [4.69, 9.17) is 0 Å². The van der Waals surface area contributed by atoms with Crippen molar-refractivity contribution in [1.82, 2.24) is 10.6 Å². The predicted octanol–water partition coefficient (Wildman–Crippen LogP) is 3.79. The summed E-state index contributed by atoms with van der Waals surface area (Å²) in [6.45, 7) is 2.92. The molecule has 3 rings (SSSR count). The summed E-state index contributed by atoms with van der Waals surface area (Å²) >= 11 is 0. The fraction of sp³-hybridized carbons (Fsp3) is 0.440. The second kappa shape index (κ2) is 11.7. The van der Waals surface area contributed by atoms with Crippen LogP contribution in [0.1, 0.15) is 61.0 Å². The van der Waals surface area contributed by atoms with E-state index in [9.17, 15) is 19.1 Å². The highest BCUT2D eigenvalue weighted by atomic mass is 19.1. The number of rotatable bonds is 9. The number of amides is 2. The number of hydrogen-bond donors (Lipinski definition) is 4. The molecule has 1 fully saturated rings. The van der Waals surface area contributed by atoms with Crippen molar-refractivity contribution in [3.05, 3.63) is 65.5 Å². The van der Waals surface area contributed by atoms with Crippen LogP contribution in [0.4, 0.5) is 10.1 Å². The van der Waals surface area contributed by atoms with E-state index >= 15 is 0 Å². The van der Waals surface area contributed by atoms with E-state index in [1.807, 2.05) is 6.92 Å². The molecule has 0 saturated heterocycles. The Hall–Kier alpha value is -2.77. The molecule has 1 aliphatic rings. The van der Waals surface area contributed by atoms with Crippen LogP contribution in [0.15, 0.2) is 48.5 Å². The summed E-state index contributed by atoms with van der Waals surface area (Å²) in [5.41, 5.74) is 1.80. The van der Waals surface area contributed by atoms with Gasteiger partial charge in [-0.05, 0) is 74.2 Å². The second-order valence-corrected chi connectivity index (χ2v) is 8.49. The van der Waals surface area contributed by atoms with E-state index in [2.05, 4.69) is 16.0 Å². The first-order valence-corrected chi connectivity index (χ1v) is 11.3. The summed E-state index contributed by atoms with van der Waals surface area (Å²) in [6.07, 6.45) is 5.17. The fourth-order valence-electron chi connectivity index (χ4n) is 3.96. The van der Waals surface area contributed by atoms with Crippen LogP contribution in [0.5, 0.6) is 0 Å². The topological polar surface area (TPSA) is 90.5 Å². The van der Waals surface area contributed by atoms with Gasteiger partial charge >= 0.3 is 0 Å². The number of halogens is 1. The number of aliphatic hydroxyl groups excluding tert-OH is 1. The van der Waals surface area contributed by atoms with Gasteiger partial charge in [0, 0.05) is 17.8 Å². The lowest BCUT2D eigenvalue weighted by Crippen LogP contribution is -2.43. The molecule has 172 valence electrons. The summed E-state index contributed by atoms with van der Waals surface area (Å²) in [5.74, 6) is -0.502. The Labute approximate surface area is 188 Å². The zero-order valence-corrected chi connectivity index (χ0v) is 18.4. The molecule has 0 bridgehead atoms. The average molecular weight is 442 g/mol. The summed E-state index contributed by atoms with van der Waals surface area (Å²) < 4.78 is 13.0. The molecule has 0 aliphatic heterocycles. The minimum atomic E-state index is -1.10. The number of anilines is 1. The van der Waals surface area contributed by atoms with Gasteiger partial charge in [0.25, 0.3) is 11.8 Å². The highest BCUT2D eigenvalue weighted by Gasteiger charge is 2.19. The Balaban J connectivity index is 1.43. The minimum Gasteiger partial charge on any atom is -0.382 e. The maximum atomic E-state index is 13.0. The van der Waals surface area contributed by atoms with Gasteiger partial charge in [-0.15, -0.1) is 0 Å². The van der Waals surface area contributed by atoms with Crippen LogP contribution < -0.4 is 16.0 Å². The molecule has 0 aromatic heterocycles. The van der Waals surface area contributed by atoms with Crippen LogP contribution in [0.2, 0.25) is 0 Å². The van der Waals surface area contributed by atoms with Gasteiger partial charge in [-0.25, -0.2) is 4.39 Å². The number of aliphatic hydroxyl groups is 1. The van der Waals surface area contributed by atoms with Crippen LogP contribution in [-0.4, -0.2) is 36.1 Å². The van der Waals surface area contributed by atoms with Crippen molar-refractivity contribution >= 4 is 17.5 Å². The molecule has 2 aromatic rings. The van der Waals surface area contributed by atoms with Gasteiger partial charge in [0.15, 0.2) is 0 Å². The van der Waals surface area contributed by atoms with Crippen molar-refractivity contribution in [2.45, 2.75) is 51.2 Å². The lowest BCUT2D eigenvalue weighted by atomic mass is 9.89. The van der Waals surface area contributed by atoms with E-state index in [1.54, 1.807) is 24.3 Å². The van der Waals surface area contributed by atoms with Crippen molar-refractivity contribution < 1.29 is 19.1 Å². The molecular formula is C25H32FN3O3. The SMILES string of the molecule is CC(NC(=O)C(O)CNCC1CCCCC1)c1ccc(NC(=O)c2ccc(F)cc2)cc1. The van der Waals surface area contributed by atoms with E-state index < -0.39 is 17.8 Å². The first kappa shape index (κ1) is 23.9. The Morgan fingerprint density at radius 1 is 1.03 bits per heavy atom. The van der Waals surface area contributed by atoms with E-state index in [0.29, 0.717) is 17.2 Å². The van der Waals surface area contributed by atoms with Crippen molar-refractivity contribution in [3.8, 4) is 0 Å². The minimum absolute atomic E-state index is 0.239. The predicted molar refractivity (Wildman–Crippen MR) is 123 cm³/mol. The number of hydrogen-bond acceptors (Lipinski definition) is 4. The number of carbonyl (C=O) groups excluding carboxylic acids is 2. The number of benzene rings is 2. The van der Waals surface area contributed by atoms with Gasteiger partial charge in [-0.2, -0.15) is 0 Å². The third-order valence-corrected chi connectivity index (χ3v) is 5.93. The molecule has 1 aliphatic carbocycles. The normalized spacial score (nSPS) is 16.2. The zero-order chi connectivity index (χ0) is 22.9. The molecule has 0 spiro atoms. The van der Waals surface area contributed by atoms with Crippen LogP contribution >= 0.6 is 0 Å². The Kier molecular flexibility index (Phi) is 8.76. The van der Waals surface area contributed by atoms with Crippen molar-refractivity contribution in [2.24, 2.45) is 5.92 Å². The molecule has 6 nitrogen and oxygen atoms in total. The zero-order valence-electron chi connectivity index (χ0n) is 18.4. The highest BCUT2D eigenvalue weighted by Crippen LogP contribution is 2.22. The Morgan fingerprint density at radius 2 is 1.69 bits per heavy atom. The lowest BCUT2D eigenvalue weighted by molar-refractivity contribution is -0.129. The van der Waals surface area contributed by atoms with E-state index in [-0.39, 0.29) is 18.5 Å². The molecule has 2 amide bonds. The average Bonchev–Trinajstić information content (AvgIpc) is 2.80. The molecular weight excluding hydrogens is 409 g/mol. The fourth-order valence-corrected chi connectivity index (χ4v) is 3.96. The van der Waals surface area contributed by atoms with E-state index in [1.165, 1.54) is 56.4 Å². The van der Waals surface area contributed by atoms with Crippen LogP contribution in [0, 0.1) is 11.7 Å². The smallest absolute Gasteiger partial charge is 0.255 e. The third kappa shape index (κ3) is 7.14. The van der Waals surface area contributed by atoms with Crippen molar-refractivity contribution in [3.63, 3.8) is 0 Å². The molecule has 1 saturated carbocycles. The molecule has 2 unspecified atom stereocenters. The van der Waals surface area contributed by atoms with Crippen LogP contribution in [-0.2, 0) is 4.79 Å². The van der Waals surface area contributed by atoms with E-state index in [0.717, 1.165) is 12.1 Å². The molecule has 0 heterocycles. The number of nitrogens with one attached hydrogen (secondary N) is 3. The molecule has 2 atom stereocenters. The second-order valence-electron chi connectivity index (χ2n) is 8.49. The Bertz CT molecular complexity index is 880. The molecule has 32 heavy (non-hydrogen) atoms. The van der Waals surface area contributed by atoms with Crippen molar-refractivity contribution in [1.29, 1.82) is 0 Å². The van der Waals surface area contributed by atoms with Gasteiger partial charge in [0.05, 0.1) is 6.04 Å². The molecule has 0 radical (unpaired) electrons. The summed E-state index contributed by atoms with van der Waals surface area (Å²) in [7, 11) is 0. The van der Waals surface area contributed by atoms with Crippen LogP contribution in [0.25, 0.3) is 0 Å².